The van der Waals surface area contributed by atoms with Crippen LogP contribution in [0.25, 0.3) is 11.1 Å². The predicted molar refractivity (Wildman–Crippen MR) is 130 cm³/mol. The maximum absolute atomic E-state index is 14.2. The van der Waals surface area contributed by atoms with Gasteiger partial charge in [-0.05, 0) is 46.7 Å². The van der Waals surface area contributed by atoms with E-state index in [-0.39, 0.29) is 42.9 Å². The molecule has 5 nitrogen and oxygen atoms in total. The van der Waals surface area contributed by atoms with Crippen molar-refractivity contribution in [2.75, 3.05) is 19.8 Å². The molecule has 6 rings (SSSR count). The Kier molecular flexibility index (Phi) is 5.58. The number of aliphatic hydroxyl groups is 1. The summed E-state index contributed by atoms with van der Waals surface area (Å²) >= 11 is 0. The number of rotatable bonds is 4. The van der Waals surface area contributed by atoms with E-state index in [0.717, 1.165) is 0 Å². The molecule has 2 unspecified atom stereocenters. The van der Waals surface area contributed by atoms with E-state index in [2.05, 4.69) is 24.3 Å². The van der Waals surface area contributed by atoms with Crippen molar-refractivity contribution in [2.45, 2.75) is 42.9 Å². The van der Waals surface area contributed by atoms with E-state index in [0.29, 0.717) is 31.6 Å². The molecule has 1 N–H and O–H groups in total. The Morgan fingerprint density at radius 2 is 1.51 bits per heavy atom. The number of piperidine rings is 1. The second-order valence-electron chi connectivity index (χ2n) is 9.96. The number of fused-ring (bicyclic) bond motifs is 5. The molecule has 35 heavy (non-hydrogen) atoms. The van der Waals surface area contributed by atoms with Gasteiger partial charge in [0.1, 0.15) is 12.4 Å². The summed E-state index contributed by atoms with van der Waals surface area (Å²) in [4.78, 5) is 15.1. The van der Waals surface area contributed by atoms with Crippen LogP contribution >= 0.6 is 0 Å². The molecule has 0 aromatic heterocycles. The quantitative estimate of drug-likeness (QED) is 0.585. The molecule has 0 spiro atoms. The molecule has 2 heterocycles. The Morgan fingerprint density at radius 1 is 0.943 bits per heavy atom. The summed E-state index contributed by atoms with van der Waals surface area (Å²) < 4.78 is 25.9. The lowest BCUT2D eigenvalue weighted by Gasteiger charge is -2.51. The van der Waals surface area contributed by atoms with E-state index in [4.69, 9.17) is 9.47 Å². The monoisotopic (exact) mass is 473 g/mol. The first-order valence-corrected chi connectivity index (χ1v) is 12.2. The van der Waals surface area contributed by atoms with Crippen molar-refractivity contribution in [1.29, 1.82) is 0 Å². The number of carbonyl (C=O) groups is 1. The molecule has 1 amide bonds. The predicted octanol–water partition coefficient (Wildman–Crippen LogP) is 4.91. The summed E-state index contributed by atoms with van der Waals surface area (Å²) in [6.45, 7) is 0.920. The van der Waals surface area contributed by atoms with Crippen molar-refractivity contribution in [2.24, 2.45) is 0 Å². The molecule has 3 aromatic rings. The number of benzene rings is 3. The average molecular weight is 474 g/mol. The van der Waals surface area contributed by atoms with Gasteiger partial charge in [0.05, 0.1) is 30.9 Å². The van der Waals surface area contributed by atoms with Crippen molar-refractivity contribution >= 4 is 6.09 Å². The van der Waals surface area contributed by atoms with Crippen LogP contribution in [-0.2, 0) is 15.9 Å². The Bertz CT molecular complexity index is 1200. The molecule has 0 saturated carbocycles. The molecule has 0 radical (unpaired) electrons. The fourth-order valence-electron chi connectivity index (χ4n) is 6.18. The van der Waals surface area contributed by atoms with Crippen LogP contribution in [0.3, 0.4) is 0 Å². The van der Waals surface area contributed by atoms with E-state index in [1.54, 1.807) is 23.1 Å². The smallest absolute Gasteiger partial charge is 0.410 e. The van der Waals surface area contributed by atoms with Crippen molar-refractivity contribution in [1.82, 2.24) is 4.90 Å². The molecule has 2 atom stereocenters. The lowest BCUT2D eigenvalue weighted by Crippen LogP contribution is -2.64. The minimum absolute atomic E-state index is 0.00906. The zero-order valence-corrected chi connectivity index (χ0v) is 19.4. The Hall–Kier alpha value is -3.22. The van der Waals surface area contributed by atoms with Gasteiger partial charge in [0.25, 0.3) is 0 Å². The first-order chi connectivity index (χ1) is 17.0. The summed E-state index contributed by atoms with van der Waals surface area (Å²) in [6.07, 6.45) is 0.480. The van der Waals surface area contributed by atoms with Crippen molar-refractivity contribution in [3.05, 3.63) is 95.3 Å². The Balaban J connectivity index is 1.17. The number of nitrogens with zero attached hydrogens (tertiary/aromatic N) is 1. The van der Waals surface area contributed by atoms with Crippen LogP contribution in [0.4, 0.5) is 9.18 Å². The van der Waals surface area contributed by atoms with Gasteiger partial charge < -0.3 is 14.6 Å². The highest BCUT2D eigenvalue weighted by atomic mass is 19.1. The molecule has 3 aromatic carbocycles. The normalized spacial score (nSPS) is 25.1. The van der Waals surface area contributed by atoms with E-state index in [9.17, 15) is 14.3 Å². The number of ether oxygens (including phenoxy) is 2. The minimum atomic E-state index is -1.10. The van der Waals surface area contributed by atoms with Crippen LogP contribution in [0.2, 0.25) is 0 Å². The number of hydrogen-bond acceptors (Lipinski definition) is 4. The fourth-order valence-corrected chi connectivity index (χ4v) is 6.18. The maximum atomic E-state index is 14.2. The highest BCUT2D eigenvalue weighted by Crippen LogP contribution is 2.45. The fraction of sp³-hybridized carbons (Fsp3) is 0.345. The summed E-state index contributed by atoms with van der Waals surface area (Å²) in [5.74, 6) is -0.327. The second-order valence-corrected chi connectivity index (χ2v) is 9.96. The number of morpholine rings is 1. The topological polar surface area (TPSA) is 59.0 Å². The maximum Gasteiger partial charge on any atom is 0.410 e. The highest BCUT2D eigenvalue weighted by molar-refractivity contribution is 5.79. The zero-order valence-electron chi connectivity index (χ0n) is 19.4. The van der Waals surface area contributed by atoms with E-state index >= 15 is 0 Å². The molecular weight excluding hydrogens is 445 g/mol. The van der Waals surface area contributed by atoms with Gasteiger partial charge >= 0.3 is 6.09 Å². The molecular formula is C29H28FNO4. The van der Waals surface area contributed by atoms with Gasteiger partial charge in [-0.25, -0.2) is 9.18 Å². The average Bonchev–Trinajstić information content (AvgIpc) is 3.17. The van der Waals surface area contributed by atoms with Crippen LogP contribution in [-0.4, -0.2) is 53.6 Å². The number of halogens is 1. The Morgan fingerprint density at radius 3 is 2.14 bits per heavy atom. The van der Waals surface area contributed by atoms with Crippen molar-refractivity contribution in [3.8, 4) is 11.1 Å². The first kappa shape index (κ1) is 22.3. The standard InChI is InChI=1S/C29H28FNO4/c30-27-12-6-1-7-19(27)13-29(33)14-20-16-34-17-21(15-29)31(20)28(32)35-18-26-24-10-4-2-8-22(24)23-9-3-5-11-25(23)26/h1-12,20-21,26,33H,13-18H2. The van der Waals surface area contributed by atoms with E-state index < -0.39 is 5.60 Å². The Labute approximate surface area is 204 Å². The highest BCUT2D eigenvalue weighted by Gasteiger charge is 2.49. The van der Waals surface area contributed by atoms with Gasteiger partial charge in [-0.3, -0.25) is 4.90 Å². The van der Waals surface area contributed by atoms with Gasteiger partial charge in [0, 0.05) is 12.3 Å². The van der Waals surface area contributed by atoms with Gasteiger partial charge in [-0.15, -0.1) is 0 Å². The lowest BCUT2D eigenvalue weighted by molar-refractivity contribution is -0.132. The van der Waals surface area contributed by atoms with Crippen LogP contribution in [0.1, 0.15) is 35.4 Å². The molecule has 2 bridgehead atoms. The summed E-state index contributed by atoms with van der Waals surface area (Å²) in [5.41, 5.74) is 4.10. The second kappa shape index (κ2) is 8.77. The van der Waals surface area contributed by atoms with Gasteiger partial charge in [-0.1, -0.05) is 66.7 Å². The largest absolute Gasteiger partial charge is 0.448 e. The summed E-state index contributed by atoms with van der Waals surface area (Å²) in [7, 11) is 0. The molecule has 1 aliphatic carbocycles. The molecule has 180 valence electrons. The number of carbonyl (C=O) groups excluding carboxylic acids is 1. The van der Waals surface area contributed by atoms with Crippen LogP contribution < -0.4 is 0 Å². The molecule has 6 heteroatoms. The molecule has 2 saturated heterocycles. The SMILES string of the molecule is O=C(OCC1c2ccccc2-c2ccccc21)N1C2COCC1CC(O)(Cc1ccccc1F)C2. The van der Waals surface area contributed by atoms with Gasteiger partial charge in [0.15, 0.2) is 0 Å². The third-order valence-electron chi connectivity index (χ3n) is 7.66. The zero-order chi connectivity index (χ0) is 24.0. The van der Waals surface area contributed by atoms with Crippen LogP contribution in [0, 0.1) is 5.82 Å². The van der Waals surface area contributed by atoms with E-state index in [1.807, 2.05) is 24.3 Å². The number of amides is 1. The number of hydrogen-bond donors (Lipinski definition) is 1. The van der Waals surface area contributed by atoms with Gasteiger partial charge in [-0.2, -0.15) is 0 Å². The van der Waals surface area contributed by atoms with Crippen molar-refractivity contribution in [3.63, 3.8) is 0 Å². The van der Waals surface area contributed by atoms with E-state index in [1.165, 1.54) is 28.3 Å². The third-order valence-corrected chi connectivity index (χ3v) is 7.66. The molecule has 2 fully saturated rings. The summed E-state index contributed by atoms with van der Waals surface area (Å²) in [6, 6.07) is 22.4. The van der Waals surface area contributed by atoms with Crippen LogP contribution in [0.5, 0.6) is 0 Å². The first-order valence-electron chi connectivity index (χ1n) is 12.2. The third kappa shape index (κ3) is 4.01. The molecule has 2 aliphatic heterocycles. The lowest BCUT2D eigenvalue weighted by atomic mass is 9.77. The van der Waals surface area contributed by atoms with Crippen molar-refractivity contribution < 1.29 is 23.8 Å². The molecule has 3 aliphatic rings. The minimum Gasteiger partial charge on any atom is -0.448 e. The van der Waals surface area contributed by atoms with Crippen LogP contribution in [0.15, 0.2) is 72.8 Å². The van der Waals surface area contributed by atoms with Gasteiger partial charge in [0.2, 0.25) is 0 Å². The summed E-state index contributed by atoms with van der Waals surface area (Å²) in [5, 5.41) is 11.4.